The predicted octanol–water partition coefficient (Wildman–Crippen LogP) is -2.39. The fraction of sp³-hybridized carbons (Fsp3) is 0.545. The molecule has 0 spiro atoms. The van der Waals surface area contributed by atoms with E-state index >= 15 is 0 Å². The van der Waals surface area contributed by atoms with E-state index in [2.05, 4.69) is 21.5 Å². The van der Waals surface area contributed by atoms with Crippen LogP contribution in [0, 0.1) is 0 Å². The molecular weight excluding hydrogens is 432 g/mol. The summed E-state index contributed by atoms with van der Waals surface area (Å²) in [5, 5.41) is 34.1. The van der Waals surface area contributed by atoms with Gasteiger partial charge in [0.15, 0.2) is 5.78 Å². The van der Waals surface area contributed by atoms with Gasteiger partial charge in [-0.2, -0.15) is 0 Å². The lowest BCUT2D eigenvalue weighted by atomic mass is 9.95. The maximum Gasteiger partial charge on any atom is 0.241 e. The number of aliphatic hydroxyl groups is 3. The molecule has 33 heavy (non-hydrogen) atoms. The molecule has 0 radical (unpaired) electrons. The van der Waals surface area contributed by atoms with Crippen LogP contribution in [-0.4, -0.2) is 88.6 Å². The summed E-state index contributed by atoms with van der Waals surface area (Å²) in [6, 6.07) is 4.13. The number of amides is 1. The third kappa shape index (κ3) is 8.72. The van der Waals surface area contributed by atoms with Crippen molar-refractivity contribution < 1.29 is 34.5 Å². The van der Waals surface area contributed by atoms with Crippen LogP contribution in [0.2, 0.25) is 0 Å². The second-order valence-corrected chi connectivity index (χ2v) is 7.84. The monoisotopic (exact) mass is 466 g/mol. The molecule has 0 unspecified atom stereocenters. The van der Waals surface area contributed by atoms with Crippen LogP contribution in [0.3, 0.4) is 0 Å². The molecule has 11 heteroatoms. The first-order valence-corrected chi connectivity index (χ1v) is 10.6. The molecule has 1 aromatic carbocycles. The number of hydrazine groups is 1. The van der Waals surface area contributed by atoms with Crippen molar-refractivity contribution in [2.45, 2.75) is 63.6 Å². The van der Waals surface area contributed by atoms with Crippen LogP contribution in [0.4, 0.5) is 0 Å². The Morgan fingerprint density at radius 1 is 0.879 bits per heavy atom. The van der Waals surface area contributed by atoms with Gasteiger partial charge in [0.25, 0.3) is 0 Å². The summed E-state index contributed by atoms with van der Waals surface area (Å²) in [5.74, 6) is -2.95. The number of carbonyl (C=O) groups is 4. The van der Waals surface area contributed by atoms with E-state index in [1.807, 2.05) is 0 Å². The number of hydrogen-bond donors (Lipinski definition) is 7. The van der Waals surface area contributed by atoms with E-state index in [0.29, 0.717) is 0 Å². The first kappa shape index (κ1) is 28.5. The van der Waals surface area contributed by atoms with E-state index in [4.69, 9.17) is 0 Å². The maximum absolute atomic E-state index is 13.0. The SMILES string of the molecule is CN[C@H](C(=O)C(=O)[C@H](Cc1ccccc1)NN[C@H](C(=O)N[C@@H](CO)C(C)=O)[C@@H](C)O)[C@@H](C)O. The Morgan fingerprint density at radius 2 is 1.45 bits per heavy atom. The second kappa shape index (κ2) is 13.9. The van der Waals surface area contributed by atoms with Crippen LogP contribution >= 0.6 is 0 Å². The molecule has 0 bridgehead atoms. The van der Waals surface area contributed by atoms with Gasteiger partial charge in [0, 0.05) is 0 Å². The zero-order chi connectivity index (χ0) is 25.1. The Labute approximate surface area is 192 Å². The molecular formula is C22H34N4O7. The number of nitrogens with one attached hydrogen (secondary N) is 4. The van der Waals surface area contributed by atoms with Gasteiger partial charge >= 0.3 is 0 Å². The smallest absolute Gasteiger partial charge is 0.241 e. The number of benzene rings is 1. The van der Waals surface area contributed by atoms with Crippen LogP contribution in [-0.2, 0) is 25.6 Å². The first-order valence-electron chi connectivity index (χ1n) is 10.6. The highest BCUT2D eigenvalue weighted by atomic mass is 16.3. The Bertz CT molecular complexity index is 801. The van der Waals surface area contributed by atoms with E-state index < -0.39 is 66.2 Å². The number of rotatable bonds is 15. The normalized spacial score (nSPS) is 16.7. The summed E-state index contributed by atoms with van der Waals surface area (Å²) in [6.45, 7) is 3.29. The molecule has 0 aliphatic carbocycles. The standard InChI is InChI=1S/C22H34N4O7/c1-12(28)17(11-27)24-22(33)19(14(3)30)26-25-16(10-15-8-6-5-7-9-15)20(31)21(32)18(23-4)13(2)29/h5-9,13-14,16-19,23,25-27,29-30H,10-11H2,1-4H3,(H,24,33)/t13-,14-,16+,17+,18+,19+/m1/s1. The summed E-state index contributed by atoms with van der Waals surface area (Å²) in [4.78, 5) is 49.7. The molecule has 6 atom stereocenters. The van der Waals surface area contributed by atoms with Gasteiger partial charge in [-0.05, 0) is 39.8 Å². The molecule has 184 valence electrons. The average Bonchev–Trinajstić information content (AvgIpc) is 2.76. The fourth-order valence-electron chi connectivity index (χ4n) is 3.11. The third-order valence-electron chi connectivity index (χ3n) is 5.09. The quantitative estimate of drug-likeness (QED) is 0.109. The predicted molar refractivity (Wildman–Crippen MR) is 120 cm³/mol. The highest BCUT2D eigenvalue weighted by Gasteiger charge is 2.34. The molecule has 0 fully saturated rings. The first-order chi connectivity index (χ1) is 15.5. The summed E-state index contributed by atoms with van der Waals surface area (Å²) >= 11 is 0. The topological polar surface area (TPSA) is 177 Å². The lowest BCUT2D eigenvalue weighted by Crippen LogP contribution is -2.62. The molecule has 0 aliphatic rings. The van der Waals surface area contributed by atoms with Crippen LogP contribution in [0.5, 0.6) is 0 Å². The van der Waals surface area contributed by atoms with Crippen molar-refractivity contribution in [2.24, 2.45) is 0 Å². The van der Waals surface area contributed by atoms with Gasteiger partial charge in [0.05, 0.1) is 30.9 Å². The van der Waals surface area contributed by atoms with E-state index in [0.717, 1.165) is 5.56 Å². The van der Waals surface area contributed by atoms with Gasteiger partial charge in [-0.25, -0.2) is 10.9 Å². The van der Waals surface area contributed by atoms with Crippen LogP contribution in [0.25, 0.3) is 0 Å². The van der Waals surface area contributed by atoms with Gasteiger partial charge in [-0.1, -0.05) is 30.3 Å². The van der Waals surface area contributed by atoms with Crippen LogP contribution < -0.4 is 21.5 Å². The fourth-order valence-corrected chi connectivity index (χ4v) is 3.11. The van der Waals surface area contributed by atoms with Crippen molar-refractivity contribution in [1.29, 1.82) is 0 Å². The van der Waals surface area contributed by atoms with Crippen molar-refractivity contribution >= 4 is 23.3 Å². The Hall–Kier alpha value is -2.54. The summed E-state index contributed by atoms with van der Waals surface area (Å²) in [6.07, 6.45) is -2.29. The molecule has 11 nitrogen and oxygen atoms in total. The molecule has 0 aliphatic heterocycles. The minimum absolute atomic E-state index is 0.0789. The molecule has 0 saturated carbocycles. The van der Waals surface area contributed by atoms with Gasteiger partial charge in [0.1, 0.15) is 12.1 Å². The molecule has 1 amide bonds. The summed E-state index contributed by atoms with van der Waals surface area (Å²) in [5.41, 5.74) is 5.95. The molecule has 1 rings (SSSR count). The highest BCUT2D eigenvalue weighted by Crippen LogP contribution is 2.07. The van der Waals surface area contributed by atoms with Crippen LogP contribution in [0.15, 0.2) is 30.3 Å². The van der Waals surface area contributed by atoms with E-state index in [9.17, 15) is 34.5 Å². The minimum Gasteiger partial charge on any atom is -0.394 e. The van der Waals surface area contributed by atoms with Gasteiger partial charge in [0.2, 0.25) is 17.5 Å². The van der Waals surface area contributed by atoms with Crippen molar-refractivity contribution in [1.82, 2.24) is 21.5 Å². The Balaban J connectivity index is 3.07. The second-order valence-electron chi connectivity index (χ2n) is 7.84. The molecule has 0 saturated heterocycles. The largest absolute Gasteiger partial charge is 0.394 e. The van der Waals surface area contributed by atoms with Crippen molar-refractivity contribution in [3.63, 3.8) is 0 Å². The van der Waals surface area contributed by atoms with E-state index in [-0.39, 0.29) is 6.42 Å². The lowest BCUT2D eigenvalue weighted by molar-refractivity contribution is -0.140. The number of carbonyl (C=O) groups excluding carboxylic acids is 4. The van der Waals surface area contributed by atoms with Gasteiger partial charge in [-0.15, -0.1) is 0 Å². The zero-order valence-electron chi connectivity index (χ0n) is 19.2. The number of likely N-dealkylation sites (N-methyl/N-ethyl adjacent to an activating group) is 1. The van der Waals surface area contributed by atoms with Crippen molar-refractivity contribution in [3.8, 4) is 0 Å². The van der Waals surface area contributed by atoms with E-state index in [1.165, 1.54) is 27.8 Å². The van der Waals surface area contributed by atoms with Crippen LogP contribution in [0.1, 0.15) is 26.3 Å². The maximum atomic E-state index is 13.0. The molecule has 7 N–H and O–H groups in total. The third-order valence-corrected chi connectivity index (χ3v) is 5.09. The van der Waals surface area contributed by atoms with Crippen molar-refractivity contribution in [3.05, 3.63) is 35.9 Å². The Morgan fingerprint density at radius 3 is 1.91 bits per heavy atom. The summed E-state index contributed by atoms with van der Waals surface area (Å²) < 4.78 is 0. The van der Waals surface area contributed by atoms with Gasteiger partial charge < -0.3 is 26.0 Å². The van der Waals surface area contributed by atoms with E-state index in [1.54, 1.807) is 30.3 Å². The molecule has 0 aromatic heterocycles. The van der Waals surface area contributed by atoms with Crippen molar-refractivity contribution in [2.75, 3.05) is 13.7 Å². The Kier molecular flexibility index (Phi) is 12.0. The number of Topliss-reactive ketones (excluding diaryl/α,β-unsaturated/α-hetero) is 3. The number of aliphatic hydroxyl groups excluding tert-OH is 3. The summed E-state index contributed by atoms with van der Waals surface area (Å²) in [7, 11) is 1.45. The van der Waals surface area contributed by atoms with Gasteiger partial charge in [-0.3, -0.25) is 19.2 Å². The minimum atomic E-state index is -1.31. The lowest BCUT2D eigenvalue weighted by Gasteiger charge is -2.27. The average molecular weight is 467 g/mol. The molecule has 0 heterocycles. The number of ketones is 3. The molecule has 1 aromatic rings. The number of hydrogen-bond acceptors (Lipinski definition) is 10. The zero-order valence-corrected chi connectivity index (χ0v) is 19.2. The highest BCUT2D eigenvalue weighted by molar-refractivity contribution is 6.41.